The number of allylic oxidation sites excluding steroid dienone is 2. The number of esters is 2. The maximum absolute atomic E-state index is 12.8. The van der Waals surface area contributed by atoms with Gasteiger partial charge in [-0.2, -0.15) is 0 Å². The van der Waals surface area contributed by atoms with Crippen molar-refractivity contribution in [3.63, 3.8) is 0 Å². The Hall–Kier alpha value is -1.41. The van der Waals surface area contributed by atoms with Crippen LogP contribution in [0.4, 0.5) is 0 Å². The van der Waals surface area contributed by atoms with Crippen LogP contribution < -0.4 is 0 Å². The Morgan fingerprint density at radius 1 is 0.556 bits per heavy atom. The lowest BCUT2D eigenvalue weighted by atomic mass is 9.85. The SMILES string of the molecule is CCCCCCCC/C=C/CCCCCCCC(=O)O[C@H](COC(=O)CCCCCCCCCCCC)COP(=O)(O)OC1C(O)C(O)C(O)[C@@H](O)C1O. The molecule has 1 aliphatic rings. The highest BCUT2D eigenvalue weighted by molar-refractivity contribution is 7.47. The fourth-order valence-electron chi connectivity index (χ4n) is 6.40. The lowest BCUT2D eigenvalue weighted by Crippen LogP contribution is -2.64. The van der Waals surface area contributed by atoms with Crippen LogP contribution in [0, 0.1) is 0 Å². The second kappa shape index (κ2) is 31.6. The Labute approximate surface area is 324 Å². The molecule has 8 atom stereocenters. The Bertz CT molecular complexity index is 1010. The molecule has 0 radical (unpaired) electrons. The molecule has 0 spiro atoms. The van der Waals surface area contributed by atoms with E-state index in [0.717, 1.165) is 57.8 Å². The van der Waals surface area contributed by atoms with Gasteiger partial charge in [0, 0.05) is 12.8 Å². The normalized spacial score (nSPS) is 23.3. The van der Waals surface area contributed by atoms with E-state index in [4.69, 9.17) is 18.5 Å². The van der Waals surface area contributed by atoms with Gasteiger partial charge < -0.3 is 39.9 Å². The Morgan fingerprint density at radius 2 is 0.944 bits per heavy atom. The van der Waals surface area contributed by atoms with Gasteiger partial charge in [0.1, 0.15) is 43.2 Å². The number of unbranched alkanes of at least 4 members (excludes halogenated alkanes) is 20. The molecule has 14 heteroatoms. The van der Waals surface area contributed by atoms with Gasteiger partial charge in [0.2, 0.25) is 0 Å². The number of aliphatic hydroxyl groups excluding tert-OH is 5. The summed E-state index contributed by atoms with van der Waals surface area (Å²) in [5, 5.41) is 50.0. The quantitative estimate of drug-likeness (QED) is 0.0166. The van der Waals surface area contributed by atoms with Gasteiger partial charge in [-0.05, 0) is 38.5 Å². The molecule has 6 N–H and O–H groups in total. The monoisotopic (exact) mass is 794 g/mol. The molecular weight excluding hydrogens is 719 g/mol. The van der Waals surface area contributed by atoms with Crippen LogP contribution in [0.15, 0.2) is 12.2 Å². The van der Waals surface area contributed by atoms with Gasteiger partial charge >= 0.3 is 19.8 Å². The molecule has 0 aromatic heterocycles. The van der Waals surface area contributed by atoms with Crippen LogP contribution in [0.1, 0.15) is 174 Å². The average Bonchev–Trinajstić information content (AvgIpc) is 3.15. The first-order valence-corrected chi connectivity index (χ1v) is 22.5. The maximum Gasteiger partial charge on any atom is 0.472 e. The average molecular weight is 795 g/mol. The van der Waals surface area contributed by atoms with E-state index >= 15 is 0 Å². The molecule has 13 nitrogen and oxygen atoms in total. The van der Waals surface area contributed by atoms with Gasteiger partial charge in [-0.15, -0.1) is 0 Å². The third kappa shape index (κ3) is 24.3. The van der Waals surface area contributed by atoms with E-state index in [2.05, 4.69) is 26.0 Å². The molecule has 1 aliphatic carbocycles. The molecule has 1 fully saturated rings. The van der Waals surface area contributed by atoms with E-state index in [1.54, 1.807) is 0 Å². The molecule has 0 heterocycles. The van der Waals surface area contributed by atoms with E-state index in [-0.39, 0.29) is 12.8 Å². The minimum Gasteiger partial charge on any atom is -0.462 e. The van der Waals surface area contributed by atoms with Gasteiger partial charge in [-0.1, -0.05) is 135 Å². The predicted octanol–water partition coefficient (Wildman–Crippen LogP) is 7.11. The first-order valence-electron chi connectivity index (χ1n) is 21.0. The van der Waals surface area contributed by atoms with Gasteiger partial charge in [-0.25, -0.2) is 4.57 Å². The smallest absolute Gasteiger partial charge is 0.462 e. The summed E-state index contributed by atoms with van der Waals surface area (Å²) in [6, 6.07) is 0. The van der Waals surface area contributed by atoms with Crippen molar-refractivity contribution >= 4 is 19.8 Å². The van der Waals surface area contributed by atoms with Crippen LogP contribution >= 0.6 is 7.82 Å². The molecule has 6 unspecified atom stereocenters. The van der Waals surface area contributed by atoms with Crippen LogP contribution in [-0.2, 0) is 32.7 Å². The van der Waals surface area contributed by atoms with Gasteiger partial charge in [0.25, 0.3) is 0 Å². The number of phosphoric ester groups is 1. The zero-order valence-corrected chi connectivity index (χ0v) is 34.2. The summed E-state index contributed by atoms with van der Waals surface area (Å²) in [4.78, 5) is 35.5. The fraction of sp³-hybridized carbons (Fsp3) is 0.900. The summed E-state index contributed by atoms with van der Waals surface area (Å²) in [6.07, 6.45) is 17.1. The van der Waals surface area contributed by atoms with Crippen LogP contribution in [0.25, 0.3) is 0 Å². The topological polar surface area (TPSA) is 210 Å². The second-order valence-corrected chi connectivity index (χ2v) is 16.3. The minimum absolute atomic E-state index is 0.0903. The van der Waals surface area contributed by atoms with Crippen molar-refractivity contribution < 1.29 is 63.1 Å². The standard InChI is InChI=1S/C40H75O13P/c1-3-5-7-9-11-13-15-16-17-18-19-21-23-25-27-29-34(42)52-32(30-50-33(41)28-26-24-22-20-14-12-10-8-6-4-2)31-51-54(48,49)53-40-38(46)36(44)35(43)37(45)39(40)47/h16-17,32,35-40,43-47H,3-15,18-31H2,1-2H3,(H,48,49)/b17-16+/t32-,35?,36-,37?,38?,39?,40?/m1/s1. The number of aliphatic hydroxyl groups is 5. The molecule has 1 saturated carbocycles. The van der Waals surface area contributed by atoms with Crippen LogP contribution in [0.5, 0.6) is 0 Å². The Balaban J connectivity index is 2.51. The number of hydrogen-bond acceptors (Lipinski definition) is 12. The summed E-state index contributed by atoms with van der Waals surface area (Å²) in [6.45, 7) is 3.25. The summed E-state index contributed by atoms with van der Waals surface area (Å²) in [7, 11) is -5.11. The highest BCUT2D eigenvalue weighted by atomic mass is 31.2. The molecule has 0 aromatic rings. The van der Waals surface area contributed by atoms with Crippen molar-refractivity contribution in [1.82, 2.24) is 0 Å². The van der Waals surface area contributed by atoms with Crippen LogP contribution in [0.2, 0.25) is 0 Å². The molecule has 318 valence electrons. The van der Waals surface area contributed by atoms with Crippen molar-refractivity contribution in [2.24, 2.45) is 0 Å². The largest absolute Gasteiger partial charge is 0.472 e. The Morgan fingerprint density at radius 3 is 1.41 bits per heavy atom. The summed E-state index contributed by atoms with van der Waals surface area (Å²) >= 11 is 0. The third-order valence-corrected chi connectivity index (χ3v) is 10.8. The number of rotatable bonds is 34. The van der Waals surface area contributed by atoms with E-state index < -0.39 is 75.7 Å². The van der Waals surface area contributed by atoms with Crippen molar-refractivity contribution in [1.29, 1.82) is 0 Å². The summed E-state index contributed by atoms with van der Waals surface area (Å²) in [5.41, 5.74) is 0. The number of ether oxygens (including phenoxy) is 2. The molecule has 0 amide bonds. The zero-order chi connectivity index (χ0) is 40.0. The molecule has 0 saturated heterocycles. The first-order chi connectivity index (χ1) is 25.9. The zero-order valence-electron chi connectivity index (χ0n) is 33.3. The highest BCUT2D eigenvalue weighted by Gasteiger charge is 2.51. The molecule has 0 aliphatic heterocycles. The van der Waals surface area contributed by atoms with Gasteiger partial charge in [-0.3, -0.25) is 18.6 Å². The number of carbonyl (C=O) groups is 2. The molecular formula is C40H75O13P. The van der Waals surface area contributed by atoms with Crippen LogP contribution in [0.3, 0.4) is 0 Å². The summed E-state index contributed by atoms with van der Waals surface area (Å²) < 4.78 is 33.4. The predicted molar refractivity (Wildman–Crippen MR) is 207 cm³/mol. The number of hydrogen-bond donors (Lipinski definition) is 6. The molecule has 54 heavy (non-hydrogen) atoms. The van der Waals surface area contributed by atoms with Gasteiger partial charge in [0.15, 0.2) is 6.10 Å². The third-order valence-electron chi connectivity index (χ3n) is 9.86. The van der Waals surface area contributed by atoms with Crippen molar-refractivity contribution in [3.8, 4) is 0 Å². The van der Waals surface area contributed by atoms with Crippen molar-refractivity contribution in [2.45, 2.75) is 217 Å². The Kier molecular flexibility index (Phi) is 29.7. The lowest BCUT2D eigenvalue weighted by molar-refractivity contribution is -0.220. The lowest BCUT2D eigenvalue weighted by Gasteiger charge is -2.41. The highest BCUT2D eigenvalue weighted by Crippen LogP contribution is 2.47. The summed E-state index contributed by atoms with van der Waals surface area (Å²) in [5.74, 6) is -1.11. The number of carbonyl (C=O) groups excluding carboxylic acids is 2. The van der Waals surface area contributed by atoms with E-state index in [0.29, 0.717) is 12.8 Å². The minimum atomic E-state index is -5.11. The molecule has 0 bridgehead atoms. The molecule has 0 aromatic carbocycles. The molecule has 1 rings (SSSR count). The fourth-order valence-corrected chi connectivity index (χ4v) is 7.37. The van der Waals surface area contributed by atoms with Crippen molar-refractivity contribution in [2.75, 3.05) is 13.2 Å². The maximum atomic E-state index is 12.8. The number of phosphoric acid groups is 1. The van der Waals surface area contributed by atoms with E-state index in [1.165, 1.54) is 77.0 Å². The van der Waals surface area contributed by atoms with Gasteiger partial charge in [0.05, 0.1) is 6.61 Å². The van der Waals surface area contributed by atoms with Crippen molar-refractivity contribution in [3.05, 3.63) is 12.2 Å². The van der Waals surface area contributed by atoms with Crippen LogP contribution in [-0.4, -0.2) is 98.3 Å². The first kappa shape index (κ1) is 50.6. The van der Waals surface area contributed by atoms with E-state index in [9.17, 15) is 44.6 Å². The second-order valence-electron chi connectivity index (χ2n) is 14.8. The van der Waals surface area contributed by atoms with E-state index in [1.807, 2.05) is 0 Å².